The van der Waals surface area contributed by atoms with E-state index in [-0.39, 0.29) is 24.0 Å². The van der Waals surface area contributed by atoms with Crippen LogP contribution in [0.3, 0.4) is 0 Å². The Morgan fingerprint density at radius 2 is 1.69 bits per heavy atom. The van der Waals surface area contributed by atoms with Crippen molar-refractivity contribution in [2.45, 2.75) is 45.1 Å². The Labute approximate surface area is 191 Å². The van der Waals surface area contributed by atoms with Gasteiger partial charge in [0.25, 0.3) is 0 Å². The number of hydrogen-bond donors (Lipinski definition) is 1. The second-order valence-corrected chi connectivity index (χ2v) is 11.0. The van der Waals surface area contributed by atoms with Crippen LogP contribution < -0.4 is 9.57 Å². The molecule has 1 aliphatic heterocycles. The van der Waals surface area contributed by atoms with Crippen molar-refractivity contribution in [2.75, 3.05) is 26.5 Å². The highest BCUT2D eigenvalue weighted by Gasteiger charge is 2.39. The van der Waals surface area contributed by atoms with E-state index in [0.717, 1.165) is 36.0 Å². The van der Waals surface area contributed by atoms with E-state index in [1.807, 2.05) is 36.4 Å². The molecule has 0 radical (unpaired) electrons. The van der Waals surface area contributed by atoms with Gasteiger partial charge in [-0.25, -0.2) is 18.2 Å². The zero-order valence-corrected chi connectivity index (χ0v) is 20.3. The van der Waals surface area contributed by atoms with Gasteiger partial charge in [0.1, 0.15) is 5.75 Å². The average molecular weight is 460 g/mol. The lowest BCUT2D eigenvalue weighted by Gasteiger charge is -2.25. The highest BCUT2D eigenvalue weighted by molar-refractivity contribution is 7.88. The SMILES string of the molecule is COc1ccc(CCCN2C(=O)N(NS(C)(=O)=O)CC2c2ccc(C(C)(C)C)cc2)cc1. The summed E-state index contributed by atoms with van der Waals surface area (Å²) in [6.07, 6.45) is 2.63. The van der Waals surface area contributed by atoms with Crippen molar-refractivity contribution < 1.29 is 17.9 Å². The molecule has 0 bridgehead atoms. The molecule has 1 fully saturated rings. The van der Waals surface area contributed by atoms with Crippen LogP contribution in [0.2, 0.25) is 0 Å². The molecule has 32 heavy (non-hydrogen) atoms. The summed E-state index contributed by atoms with van der Waals surface area (Å²) >= 11 is 0. The molecule has 174 valence electrons. The first-order chi connectivity index (χ1) is 15.0. The standard InChI is InChI=1S/C24H33N3O4S/c1-24(2,3)20-12-10-19(11-13-20)22-17-27(25-32(5,29)30)23(28)26(22)16-6-7-18-8-14-21(31-4)15-9-18/h8-15,22,25H,6-7,16-17H2,1-5H3. The number of nitrogens with one attached hydrogen (secondary N) is 1. The van der Waals surface area contributed by atoms with Gasteiger partial charge < -0.3 is 9.64 Å². The van der Waals surface area contributed by atoms with Crippen molar-refractivity contribution in [1.29, 1.82) is 0 Å². The third-order valence-corrected chi connectivity index (χ3v) is 6.22. The largest absolute Gasteiger partial charge is 0.497 e. The maximum absolute atomic E-state index is 13.0. The van der Waals surface area contributed by atoms with E-state index in [1.54, 1.807) is 12.0 Å². The number of amides is 2. The summed E-state index contributed by atoms with van der Waals surface area (Å²) in [5.74, 6) is 0.810. The van der Waals surface area contributed by atoms with E-state index in [4.69, 9.17) is 4.74 Å². The number of carbonyl (C=O) groups excluding carboxylic acids is 1. The summed E-state index contributed by atoms with van der Waals surface area (Å²) in [7, 11) is -1.91. The Morgan fingerprint density at radius 3 is 2.22 bits per heavy atom. The third kappa shape index (κ3) is 6.01. The van der Waals surface area contributed by atoms with Gasteiger partial charge in [-0.2, -0.15) is 0 Å². The molecule has 1 saturated heterocycles. The smallest absolute Gasteiger partial charge is 0.335 e. The summed E-state index contributed by atoms with van der Waals surface area (Å²) < 4.78 is 28.7. The first-order valence-corrected chi connectivity index (χ1v) is 12.7. The quantitative estimate of drug-likeness (QED) is 0.650. The van der Waals surface area contributed by atoms with Crippen LogP contribution in [-0.4, -0.2) is 50.8 Å². The number of urea groups is 1. The van der Waals surface area contributed by atoms with Crippen molar-refractivity contribution >= 4 is 16.1 Å². The highest BCUT2D eigenvalue weighted by Crippen LogP contribution is 2.31. The van der Waals surface area contributed by atoms with Crippen molar-refractivity contribution in [1.82, 2.24) is 14.7 Å². The Kier molecular flexibility index (Phi) is 7.15. The van der Waals surface area contributed by atoms with Crippen LogP contribution in [0.25, 0.3) is 0 Å². The monoisotopic (exact) mass is 459 g/mol. The van der Waals surface area contributed by atoms with E-state index in [0.29, 0.717) is 6.54 Å². The number of hydrogen-bond acceptors (Lipinski definition) is 4. The number of methoxy groups -OCH3 is 1. The first-order valence-electron chi connectivity index (χ1n) is 10.8. The van der Waals surface area contributed by atoms with Gasteiger partial charge in [0.2, 0.25) is 10.0 Å². The number of hydrazine groups is 1. The molecule has 1 aliphatic rings. The first kappa shape index (κ1) is 24.1. The molecule has 2 amide bonds. The predicted molar refractivity (Wildman–Crippen MR) is 126 cm³/mol. The molecule has 2 aromatic rings. The van der Waals surface area contributed by atoms with Gasteiger partial charge in [0.05, 0.1) is 26.0 Å². The lowest BCUT2D eigenvalue weighted by atomic mass is 9.86. The van der Waals surface area contributed by atoms with E-state index in [9.17, 15) is 13.2 Å². The third-order valence-electron chi connectivity index (χ3n) is 5.67. The predicted octanol–water partition coefficient (Wildman–Crippen LogP) is 3.87. The van der Waals surface area contributed by atoms with E-state index in [2.05, 4.69) is 37.7 Å². The lowest BCUT2D eigenvalue weighted by molar-refractivity contribution is 0.181. The van der Waals surface area contributed by atoms with Crippen molar-refractivity contribution in [3.05, 3.63) is 65.2 Å². The minimum Gasteiger partial charge on any atom is -0.497 e. The summed E-state index contributed by atoms with van der Waals surface area (Å²) in [6, 6.07) is 15.6. The average Bonchev–Trinajstić information content (AvgIpc) is 3.02. The highest BCUT2D eigenvalue weighted by atomic mass is 32.2. The van der Waals surface area contributed by atoms with Crippen LogP contribution in [0.15, 0.2) is 48.5 Å². The minimum absolute atomic E-state index is 0.0337. The number of sulfonamides is 1. The number of aryl methyl sites for hydroxylation is 1. The van der Waals surface area contributed by atoms with E-state index < -0.39 is 10.0 Å². The molecule has 1 unspecified atom stereocenters. The second kappa shape index (κ2) is 9.50. The maximum Gasteiger partial charge on any atom is 0.335 e. The molecule has 0 saturated carbocycles. The fraction of sp³-hybridized carbons (Fsp3) is 0.458. The number of ether oxygens (including phenoxy) is 1. The molecule has 0 spiro atoms. The summed E-state index contributed by atoms with van der Waals surface area (Å²) in [4.78, 5) is 17.1. The Balaban J connectivity index is 1.76. The van der Waals surface area contributed by atoms with Gasteiger partial charge in [0, 0.05) is 6.54 Å². The Morgan fingerprint density at radius 1 is 1.06 bits per heavy atom. The summed E-state index contributed by atoms with van der Waals surface area (Å²) in [5.41, 5.74) is 3.40. The van der Waals surface area contributed by atoms with Gasteiger partial charge in [-0.15, -0.1) is 4.83 Å². The molecular weight excluding hydrogens is 426 g/mol. The molecule has 8 heteroatoms. The molecule has 1 N–H and O–H groups in total. The molecule has 0 aliphatic carbocycles. The van der Waals surface area contributed by atoms with Crippen LogP contribution in [0.4, 0.5) is 4.79 Å². The number of rotatable bonds is 8. The summed E-state index contributed by atoms with van der Waals surface area (Å²) in [6.45, 7) is 7.26. The molecule has 2 aromatic carbocycles. The molecular formula is C24H33N3O4S. The normalized spacial score (nSPS) is 17.2. The number of nitrogens with zero attached hydrogens (tertiary/aromatic N) is 2. The van der Waals surface area contributed by atoms with Crippen LogP contribution in [0, 0.1) is 0 Å². The molecule has 0 aromatic heterocycles. The van der Waals surface area contributed by atoms with Crippen LogP contribution in [0.1, 0.15) is 49.9 Å². The van der Waals surface area contributed by atoms with Gasteiger partial charge in [0.15, 0.2) is 0 Å². The van der Waals surface area contributed by atoms with Crippen molar-refractivity contribution in [2.24, 2.45) is 0 Å². The minimum atomic E-state index is -3.55. The molecule has 3 rings (SSSR count). The van der Waals surface area contributed by atoms with Gasteiger partial charge in [-0.3, -0.25) is 0 Å². The molecule has 1 atom stereocenters. The van der Waals surface area contributed by atoms with Crippen LogP contribution in [0.5, 0.6) is 5.75 Å². The van der Waals surface area contributed by atoms with E-state index in [1.165, 1.54) is 10.6 Å². The van der Waals surface area contributed by atoms with E-state index >= 15 is 0 Å². The van der Waals surface area contributed by atoms with Crippen LogP contribution >= 0.6 is 0 Å². The molecule has 1 heterocycles. The fourth-order valence-electron chi connectivity index (χ4n) is 3.90. The Bertz CT molecular complexity index is 1030. The molecule has 7 nitrogen and oxygen atoms in total. The summed E-state index contributed by atoms with van der Waals surface area (Å²) in [5, 5.41) is 1.20. The Hall–Kier alpha value is -2.58. The number of carbonyl (C=O) groups is 1. The van der Waals surface area contributed by atoms with Gasteiger partial charge >= 0.3 is 6.03 Å². The van der Waals surface area contributed by atoms with Gasteiger partial charge in [-0.1, -0.05) is 57.2 Å². The van der Waals surface area contributed by atoms with Crippen molar-refractivity contribution in [3.8, 4) is 5.75 Å². The second-order valence-electron chi connectivity index (χ2n) is 9.29. The zero-order chi connectivity index (χ0) is 23.5. The number of benzene rings is 2. The zero-order valence-electron chi connectivity index (χ0n) is 19.5. The maximum atomic E-state index is 13.0. The van der Waals surface area contributed by atoms with Crippen molar-refractivity contribution in [3.63, 3.8) is 0 Å². The van der Waals surface area contributed by atoms with Crippen LogP contribution in [-0.2, 0) is 21.9 Å². The lowest BCUT2D eigenvalue weighted by Crippen LogP contribution is -2.44. The topological polar surface area (TPSA) is 79.0 Å². The van der Waals surface area contributed by atoms with Gasteiger partial charge in [-0.05, 0) is 47.1 Å². The fourth-order valence-corrected chi connectivity index (χ4v) is 4.46.